The van der Waals surface area contributed by atoms with Crippen LogP contribution < -0.4 is 5.32 Å². The average Bonchev–Trinajstić information content (AvgIpc) is 2.31. The first kappa shape index (κ1) is 15.7. The second-order valence-electron chi connectivity index (χ2n) is 4.56. The van der Waals surface area contributed by atoms with Crippen molar-refractivity contribution < 1.29 is 19.8 Å². The number of phenols is 1. The minimum atomic E-state index is -0.942. The standard InChI is InChI=1S/C13H16INO4/c1-7(2)10(13(18)19)6-15-12(17)9-5-8(14)3-4-11(9)16/h3-5,7,10,16H,6H2,1-2H3,(H,15,17)(H,18,19). The molecule has 0 aliphatic rings. The predicted octanol–water partition coefficient (Wildman–Crippen LogP) is 2.08. The second-order valence-corrected chi connectivity index (χ2v) is 5.81. The van der Waals surface area contributed by atoms with Gasteiger partial charge in [0.2, 0.25) is 0 Å². The Morgan fingerprint density at radius 1 is 1.37 bits per heavy atom. The largest absolute Gasteiger partial charge is 0.507 e. The highest BCUT2D eigenvalue weighted by atomic mass is 127. The number of aromatic hydroxyl groups is 1. The quantitative estimate of drug-likeness (QED) is 0.686. The molecule has 104 valence electrons. The topological polar surface area (TPSA) is 86.6 Å². The highest BCUT2D eigenvalue weighted by Gasteiger charge is 2.22. The molecule has 0 aliphatic carbocycles. The number of hydrogen-bond acceptors (Lipinski definition) is 3. The van der Waals surface area contributed by atoms with Crippen molar-refractivity contribution >= 4 is 34.5 Å². The van der Waals surface area contributed by atoms with Crippen LogP contribution >= 0.6 is 22.6 Å². The molecule has 0 aliphatic heterocycles. The predicted molar refractivity (Wildman–Crippen MR) is 79.1 cm³/mol. The molecule has 1 amide bonds. The Balaban J connectivity index is 2.75. The van der Waals surface area contributed by atoms with Crippen LogP contribution in [0, 0.1) is 15.4 Å². The third-order valence-corrected chi connectivity index (χ3v) is 3.48. The van der Waals surface area contributed by atoms with Crippen LogP contribution in [0.3, 0.4) is 0 Å². The number of carboxylic acid groups (broad SMARTS) is 1. The summed E-state index contributed by atoms with van der Waals surface area (Å²) in [5.41, 5.74) is 0.153. The van der Waals surface area contributed by atoms with E-state index in [9.17, 15) is 14.7 Å². The highest BCUT2D eigenvalue weighted by Crippen LogP contribution is 2.19. The smallest absolute Gasteiger partial charge is 0.308 e. The molecule has 6 heteroatoms. The van der Waals surface area contributed by atoms with Crippen LogP contribution in [-0.2, 0) is 4.79 Å². The van der Waals surface area contributed by atoms with Gasteiger partial charge in [-0.3, -0.25) is 9.59 Å². The number of carboxylic acids is 1. The summed E-state index contributed by atoms with van der Waals surface area (Å²) >= 11 is 2.03. The zero-order valence-corrected chi connectivity index (χ0v) is 12.8. The van der Waals surface area contributed by atoms with E-state index in [0.29, 0.717) is 0 Å². The van der Waals surface area contributed by atoms with Crippen molar-refractivity contribution in [3.63, 3.8) is 0 Å². The van der Waals surface area contributed by atoms with E-state index in [1.807, 2.05) is 22.6 Å². The summed E-state index contributed by atoms with van der Waals surface area (Å²) in [7, 11) is 0. The lowest BCUT2D eigenvalue weighted by Crippen LogP contribution is -2.35. The van der Waals surface area contributed by atoms with Crippen molar-refractivity contribution in [3.8, 4) is 5.75 Å². The van der Waals surface area contributed by atoms with Crippen molar-refractivity contribution in [2.75, 3.05) is 6.54 Å². The van der Waals surface area contributed by atoms with Crippen LogP contribution in [0.4, 0.5) is 0 Å². The van der Waals surface area contributed by atoms with Gasteiger partial charge in [-0.25, -0.2) is 0 Å². The lowest BCUT2D eigenvalue weighted by Gasteiger charge is -2.17. The number of nitrogens with one attached hydrogen (secondary N) is 1. The second kappa shape index (κ2) is 6.74. The molecule has 0 aromatic heterocycles. The number of rotatable bonds is 5. The molecule has 0 heterocycles. The molecule has 1 aromatic rings. The summed E-state index contributed by atoms with van der Waals surface area (Å²) in [6, 6.07) is 4.67. The summed E-state index contributed by atoms with van der Waals surface area (Å²) in [6.45, 7) is 3.61. The van der Waals surface area contributed by atoms with Crippen molar-refractivity contribution in [2.45, 2.75) is 13.8 Å². The summed E-state index contributed by atoms with van der Waals surface area (Å²) in [6.07, 6.45) is 0. The molecule has 0 bridgehead atoms. The number of hydrogen-bond donors (Lipinski definition) is 3. The van der Waals surface area contributed by atoms with E-state index in [4.69, 9.17) is 5.11 Å². The van der Waals surface area contributed by atoms with Crippen LogP contribution in [0.2, 0.25) is 0 Å². The number of aliphatic carboxylic acids is 1. The van der Waals surface area contributed by atoms with Gasteiger partial charge in [0.25, 0.3) is 5.91 Å². The monoisotopic (exact) mass is 377 g/mol. The van der Waals surface area contributed by atoms with E-state index in [0.717, 1.165) is 3.57 Å². The molecule has 3 N–H and O–H groups in total. The van der Waals surface area contributed by atoms with Crippen molar-refractivity contribution in [1.29, 1.82) is 0 Å². The van der Waals surface area contributed by atoms with Gasteiger partial charge >= 0.3 is 5.97 Å². The third-order valence-electron chi connectivity index (χ3n) is 2.81. The Hall–Kier alpha value is -1.31. The molecule has 0 saturated heterocycles. The maximum Gasteiger partial charge on any atom is 0.308 e. The Labute approximate surface area is 125 Å². The Bertz CT molecular complexity index is 488. The molecule has 1 aromatic carbocycles. The fourth-order valence-electron chi connectivity index (χ4n) is 1.60. The van der Waals surface area contributed by atoms with Gasteiger partial charge in [0, 0.05) is 10.1 Å². The van der Waals surface area contributed by atoms with Gasteiger partial charge in [-0.1, -0.05) is 13.8 Å². The fourth-order valence-corrected chi connectivity index (χ4v) is 2.09. The van der Waals surface area contributed by atoms with Crippen LogP contribution in [0.5, 0.6) is 5.75 Å². The zero-order chi connectivity index (χ0) is 14.6. The van der Waals surface area contributed by atoms with Gasteiger partial charge in [0.15, 0.2) is 0 Å². The Morgan fingerprint density at radius 3 is 2.53 bits per heavy atom. The van der Waals surface area contributed by atoms with Crippen LogP contribution in [0.15, 0.2) is 18.2 Å². The van der Waals surface area contributed by atoms with Gasteiger partial charge in [-0.15, -0.1) is 0 Å². The van der Waals surface area contributed by atoms with Crippen molar-refractivity contribution in [3.05, 3.63) is 27.3 Å². The molecule has 0 saturated carbocycles. The molecule has 0 spiro atoms. The van der Waals surface area contributed by atoms with E-state index >= 15 is 0 Å². The normalized spacial score (nSPS) is 12.2. The lowest BCUT2D eigenvalue weighted by atomic mass is 9.96. The first-order valence-electron chi connectivity index (χ1n) is 5.82. The van der Waals surface area contributed by atoms with E-state index in [1.165, 1.54) is 6.07 Å². The lowest BCUT2D eigenvalue weighted by molar-refractivity contribution is -0.142. The maximum atomic E-state index is 11.9. The Kier molecular flexibility index (Phi) is 5.59. The van der Waals surface area contributed by atoms with E-state index < -0.39 is 17.8 Å². The Morgan fingerprint density at radius 2 is 2.00 bits per heavy atom. The molecular weight excluding hydrogens is 361 g/mol. The minimum absolute atomic E-state index is 0.0384. The molecule has 0 fully saturated rings. The summed E-state index contributed by atoms with van der Waals surface area (Å²) < 4.78 is 0.819. The van der Waals surface area contributed by atoms with E-state index in [1.54, 1.807) is 26.0 Å². The number of halogens is 1. The summed E-state index contributed by atoms with van der Waals surface area (Å²) in [5.74, 6) is -2.25. The zero-order valence-electron chi connectivity index (χ0n) is 10.7. The molecule has 1 rings (SSSR count). The number of amides is 1. The molecule has 19 heavy (non-hydrogen) atoms. The van der Waals surface area contributed by atoms with Gasteiger partial charge < -0.3 is 15.5 Å². The first-order valence-corrected chi connectivity index (χ1v) is 6.90. The van der Waals surface area contributed by atoms with Gasteiger partial charge in [0.1, 0.15) is 5.75 Å². The van der Waals surface area contributed by atoms with E-state index in [2.05, 4.69) is 5.32 Å². The minimum Gasteiger partial charge on any atom is -0.507 e. The van der Waals surface area contributed by atoms with Crippen molar-refractivity contribution in [2.24, 2.45) is 11.8 Å². The number of carbonyl (C=O) groups is 2. The molecule has 0 radical (unpaired) electrons. The molecule has 5 nitrogen and oxygen atoms in total. The first-order chi connectivity index (χ1) is 8.82. The maximum absolute atomic E-state index is 11.9. The fraction of sp³-hybridized carbons (Fsp3) is 0.385. The van der Waals surface area contributed by atoms with Crippen LogP contribution in [-0.4, -0.2) is 28.6 Å². The SMILES string of the molecule is CC(C)C(CNC(=O)c1cc(I)ccc1O)C(=O)O. The number of carbonyl (C=O) groups excluding carboxylic acids is 1. The van der Waals surface area contributed by atoms with E-state index in [-0.39, 0.29) is 23.8 Å². The third kappa shape index (κ3) is 4.38. The summed E-state index contributed by atoms with van der Waals surface area (Å²) in [4.78, 5) is 22.9. The summed E-state index contributed by atoms with van der Waals surface area (Å²) in [5, 5.41) is 21.2. The number of phenolic OH excluding ortho intramolecular Hbond substituents is 1. The molecular formula is C13H16INO4. The average molecular weight is 377 g/mol. The van der Waals surface area contributed by atoms with Gasteiger partial charge in [-0.05, 0) is 46.7 Å². The van der Waals surface area contributed by atoms with Crippen LogP contribution in [0.1, 0.15) is 24.2 Å². The van der Waals surface area contributed by atoms with Crippen LogP contribution in [0.25, 0.3) is 0 Å². The van der Waals surface area contributed by atoms with Gasteiger partial charge in [-0.2, -0.15) is 0 Å². The van der Waals surface area contributed by atoms with Crippen molar-refractivity contribution in [1.82, 2.24) is 5.32 Å². The number of benzene rings is 1. The highest BCUT2D eigenvalue weighted by molar-refractivity contribution is 14.1. The molecule has 1 atom stereocenters. The molecule has 1 unspecified atom stereocenters. The van der Waals surface area contributed by atoms with Gasteiger partial charge in [0.05, 0.1) is 11.5 Å².